The Bertz CT molecular complexity index is 1200. The molecule has 8 heteroatoms. The molecule has 0 saturated carbocycles. The van der Waals surface area contributed by atoms with E-state index in [9.17, 15) is 13.2 Å². The third-order valence-corrected chi connectivity index (χ3v) is 6.45. The number of carbonyl (C=O) groups excluding carboxylic acids is 1. The lowest BCUT2D eigenvalue weighted by Crippen LogP contribution is -2.35. The molecular weight excluding hydrogens is 412 g/mol. The highest BCUT2D eigenvalue weighted by Crippen LogP contribution is 2.33. The van der Waals surface area contributed by atoms with Gasteiger partial charge in [-0.3, -0.25) is 4.68 Å². The molecule has 31 heavy (non-hydrogen) atoms. The lowest BCUT2D eigenvalue weighted by atomic mass is 9.90. The van der Waals surface area contributed by atoms with Gasteiger partial charge in [0.25, 0.3) is 0 Å². The zero-order chi connectivity index (χ0) is 22.9. The first-order chi connectivity index (χ1) is 14.5. The van der Waals surface area contributed by atoms with E-state index >= 15 is 0 Å². The van der Waals surface area contributed by atoms with Crippen LogP contribution in [0.15, 0.2) is 36.5 Å². The molecule has 0 aliphatic rings. The van der Waals surface area contributed by atoms with E-state index in [4.69, 9.17) is 0 Å². The molecule has 2 N–H and O–H groups in total. The van der Waals surface area contributed by atoms with Gasteiger partial charge >= 0.3 is 6.03 Å². The van der Waals surface area contributed by atoms with Crippen LogP contribution in [0.1, 0.15) is 61.8 Å². The van der Waals surface area contributed by atoms with Gasteiger partial charge in [-0.2, -0.15) is 5.10 Å². The number of sulfonamides is 1. The van der Waals surface area contributed by atoms with Gasteiger partial charge in [-0.1, -0.05) is 57.5 Å². The zero-order valence-corrected chi connectivity index (χ0v) is 19.7. The maximum Gasteiger partial charge on any atom is 0.332 e. The molecule has 0 bridgehead atoms. The highest BCUT2D eigenvalue weighted by Gasteiger charge is 2.21. The molecule has 2 amide bonds. The lowest BCUT2D eigenvalue weighted by molar-refractivity contribution is 0.256. The molecule has 166 valence electrons. The molecule has 0 spiro atoms. The Labute approximate surface area is 183 Å². The highest BCUT2D eigenvalue weighted by atomic mass is 32.2. The molecule has 0 atom stereocenters. The number of urea groups is 1. The SMILES string of the molecule is Cc1cc(C(C)C)c(NC(=O)NS(=O)(=O)Cc2ccc3cnn(C)c3c2)c(C(C)C)c1. The van der Waals surface area contributed by atoms with Gasteiger partial charge in [0.1, 0.15) is 0 Å². The van der Waals surface area contributed by atoms with Crippen molar-refractivity contribution >= 4 is 32.6 Å². The van der Waals surface area contributed by atoms with Gasteiger partial charge in [-0.25, -0.2) is 17.9 Å². The molecule has 3 aromatic rings. The monoisotopic (exact) mass is 442 g/mol. The van der Waals surface area contributed by atoms with Gasteiger partial charge in [0, 0.05) is 18.1 Å². The number of amides is 2. The van der Waals surface area contributed by atoms with E-state index in [1.54, 1.807) is 30.1 Å². The summed E-state index contributed by atoms with van der Waals surface area (Å²) in [5.41, 5.74) is 5.17. The van der Waals surface area contributed by atoms with E-state index < -0.39 is 16.1 Å². The molecule has 0 fully saturated rings. The molecule has 0 unspecified atom stereocenters. The quantitative estimate of drug-likeness (QED) is 0.574. The summed E-state index contributed by atoms with van der Waals surface area (Å²) in [7, 11) is -2.09. The van der Waals surface area contributed by atoms with E-state index in [1.165, 1.54) is 0 Å². The minimum absolute atomic E-state index is 0.176. The molecule has 2 aromatic carbocycles. The van der Waals surface area contributed by atoms with Crippen LogP contribution in [0.4, 0.5) is 10.5 Å². The number of nitrogens with zero attached hydrogens (tertiary/aromatic N) is 2. The van der Waals surface area contributed by atoms with Crippen LogP contribution in [0.2, 0.25) is 0 Å². The number of hydrogen-bond acceptors (Lipinski definition) is 4. The summed E-state index contributed by atoms with van der Waals surface area (Å²) in [6, 6.07) is 8.63. The number of rotatable bonds is 6. The van der Waals surface area contributed by atoms with Crippen LogP contribution in [-0.2, 0) is 22.8 Å². The van der Waals surface area contributed by atoms with Crippen molar-refractivity contribution in [3.05, 3.63) is 58.8 Å². The highest BCUT2D eigenvalue weighted by molar-refractivity contribution is 7.89. The smallest absolute Gasteiger partial charge is 0.307 e. The van der Waals surface area contributed by atoms with Gasteiger partial charge in [-0.15, -0.1) is 0 Å². The molecule has 0 radical (unpaired) electrons. The third kappa shape index (κ3) is 5.25. The molecule has 0 saturated heterocycles. The van der Waals surface area contributed by atoms with Crippen molar-refractivity contribution < 1.29 is 13.2 Å². The summed E-state index contributed by atoms with van der Waals surface area (Å²) in [5, 5.41) is 7.90. The number of benzene rings is 2. The van der Waals surface area contributed by atoms with Crippen LogP contribution in [-0.4, -0.2) is 24.2 Å². The fourth-order valence-electron chi connectivity index (χ4n) is 3.71. The molecule has 7 nitrogen and oxygen atoms in total. The van der Waals surface area contributed by atoms with Crippen LogP contribution in [0.25, 0.3) is 10.9 Å². The second-order valence-corrected chi connectivity index (χ2v) is 10.3. The first kappa shape index (κ1) is 22.8. The van der Waals surface area contributed by atoms with Crippen molar-refractivity contribution in [1.29, 1.82) is 0 Å². The molecule has 1 aromatic heterocycles. The van der Waals surface area contributed by atoms with Crippen molar-refractivity contribution in [2.75, 3.05) is 5.32 Å². The first-order valence-electron chi connectivity index (χ1n) is 10.3. The zero-order valence-electron chi connectivity index (χ0n) is 18.9. The Morgan fingerprint density at radius 1 is 1.06 bits per heavy atom. The van der Waals surface area contributed by atoms with E-state index in [-0.39, 0.29) is 17.6 Å². The minimum Gasteiger partial charge on any atom is -0.307 e. The van der Waals surface area contributed by atoms with Crippen molar-refractivity contribution in [1.82, 2.24) is 14.5 Å². The van der Waals surface area contributed by atoms with E-state index in [0.29, 0.717) is 11.3 Å². The van der Waals surface area contributed by atoms with Crippen molar-refractivity contribution in [3.8, 4) is 0 Å². The average molecular weight is 443 g/mol. The van der Waals surface area contributed by atoms with Crippen LogP contribution >= 0.6 is 0 Å². The molecule has 0 aliphatic heterocycles. The van der Waals surface area contributed by atoms with Crippen molar-refractivity contribution in [2.24, 2.45) is 7.05 Å². The summed E-state index contributed by atoms with van der Waals surface area (Å²) >= 11 is 0. The summed E-state index contributed by atoms with van der Waals surface area (Å²) in [4.78, 5) is 12.7. The fourth-order valence-corrected chi connectivity index (χ4v) is 4.74. The maximum absolute atomic E-state index is 12.7. The number of nitrogens with one attached hydrogen (secondary N) is 2. The second-order valence-electron chi connectivity index (χ2n) is 8.60. The van der Waals surface area contributed by atoms with Crippen molar-refractivity contribution in [3.63, 3.8) is 0 Å². The topological polar surface area (TPSA) is 93.1 Å². The van der Waals surface area contributed by atoms with Crippen LogP contribution < -0.4 is 10.0 Å². The number of carbonyl (C=O) groups is 1. The van der Waals surface area contributed by atoms with Gasteiger partial charge in [0.2, 0.25) is 10.0 Å². The molecule has 1 heterocycles. The van der Waals surface area contributed by atoms with Gasteiger partial charge in [-0.05, 0) is 41.5 Å². The summed E-state index contributed by atoms with van der Waals surface area (Å²) in [6.07, 6.45) is 1.72. The molecule has 0 aliphatic carbocycles. The number of anilines is 1. The Balaban J connectivity index is 1.81. The standard InChI is InChI=1S/C23H30N4O3S/c1-14(2)19-9-16(5)10-20(15(3)4)22(19)25-23(28)26-31(29,30)13-17-7-8-18-12-24-27(6)21(18)11-17/h7-12,14-15H,13H2,1-6H3,(H2,25,26,28). The Hall–Kier alpha value is -2.87. The Morgan fingerprint density at radius 2 is 1.68 bits per heavy atom. The Morgan fingerprint density at radius 3 is 2.26 bits per heavy atom. The largest absolute Gasteiger partial charge is 0.332 e. The molecule has 3 rings (SSSR count). The second kappa shape index (κ2) is 8.70. The van der Waals surface area contributed by atoms with Gasteiger partial charge < -0.3 is 5.32 Å². The summed E-state index contributed by atoms with van der Waals surface area (Å²) < 4.78 is 29.2. The van der Waals surface area contributed by atoms with E-state index in [0.717, 1.165) is 27.6 Å². The maximum atomic E-state index is 12.7. The number of aryl methyl sites for hydroxylation is 2. The first-order valence-corrected chi connectivity index (χ1v) is 12.0. The van der Waals surface area contributed by atoms with Gasteiger partial charge in [0.05, 0.1) is 17.5 Å². The summed E-state index contributed by atoms with van der Waals surface area (Å²) in [6.45, 7) is 10.2. The van der Waals surface area contributed by atoms with Crippen LogP contribution in [0.5, 0.6) is 0 Å². The Kier molecular flexibility index (Phi) is 6.40. The summed E-state index contributed by atoms with van der Waals surface area (Å²) in [5.74, 6) is 0.0497. The van der Waals surface area contributed by atoms with Crippen LogP contribution in [0.3, 0.4) is 0 Å². The fraction of sp³-hybridized carbons (Fsp3) is 0.391. The van der Waals surface area contributed by atoms with E-state index in [1.807, 2.05) is 52.8 Å². The predicted molar refractivity (Wildman–Crippen MR) is 125 cm³/mol. The van der Waals surface area contributed by atoms with Gasteiger partial charge in [0.15, 0.2) is 0 Å². The minimum atomic E-state index is -3.88. The molecular formula is C23H30N4O3S. The lowest BCUT2D eigenvalue weighted by Gasteiger charge is -2.21. The van der Waals surface area contributed by atoms with E-state index in [2.05, 4.69) is 15.1 Å². The van der Waals surface area contributed by atoms with Crippen LogP contribution in [0, 0.1) is 6.92 Å². The number of aromatic nitrogens is 2. The third-order valence-electron chi connectivity index (χ3n) is 5.24. The average Bonchev–Trinajstić information content (AvgIpc) is 3.02. The normalized spacial score (nSPS) is 12.0. The number of fused-ring (bicyclic) bond motifs is 1. The van der Waals surface area contributed by atoms with Crippen molar-refractivity contribution in [2.45, 2.75) is 52.2 Å². The predicted octanol–water partition coefficient (Wildman–Crippen LogP) is 4.78. The number of hydrogen-bond donors (Lipinski definition) is 2.